The molecule has 0 saturated carbocycles. The summed E-state index contributed by atoms with van der Waals surface area (Å²) in [5, 5.41) is 30.5. The lowest BCUT2D eigenvalue weighted by molar-refractivity contribution is -0.112. The van der Waals surface area contributed by atoms with E-state index in [1.54, 1.807) is 91.0 Å². The number of likely N-dealkylation sites (N-methyl/N-ethyl adjacent to an activating group) is 4. The molecular weight excluding hydrogens is 1490 g/mol. The van der Waals surface area contributed by atoms with Gasteiger partial charge in [-0.3, -0.25) is 14.4 Å². The van der Waals surface area contributed by atoms with Crippen molar-refractivity contribution in [1.82, 2.24) is 41.8 Å². The highest BCUT2D eigenvalue weighted by atomic mass is 32.2. The number of aromatic nitrogens is 1. The van der Waals surface area contributed by atoms with Crippen molar-refractivity contribution in [2.45, 2.75) is 71.4 Å². The molecule has 580 valence electrons. The van der Waals surface area contributed by atoms with Crippen LogP contribution in [0.1, 0.15) is 54.9 Å². The van der Waals surface area contributed by atoms with Gasteiger partial charge in [0.2, 0.25) is 46.0 Å². The first kappa shape index (κ1) is 81.1. The van der Waals surface area contributed by atoms with Gasteiger partial charge in [0, 0.05) is 126 Å². The van der Waals surface area contributed by atoms with Crippen LogP contribution in [-0.4, -0.2) is 220 Å². The number of Topliss-reactive ketones (excluding diaryl/α,β-unsaturated/α-hetero) is 1. The number of carbonyl (C=O) groups excluding carboxylic acids is 3. The van der Waals surface area contributed by atoms with Gasteiger partial charge in [-0.2, -0.15) is 0 Å². The summed E-state index contributed by atoms with van der Waals surface area (Å²) >= 11 is 0. The summed E-state index contributed by atoms with van der Waals surface area (Å²) in [5.74, 6) is -1.88. The minimum atomic E-state index is -3.51. The normalized spacial score (nSPS) is 15.6. The Hall–Kier alpha value is -9.94. The fraction of sp³-hybridized carbons (Fsp3) is 0.308. The monoisotopic (exact) mass is 1570 g/mol. The molecule has 0 saturated heterocycles. The smallest absolute Gasteiger partial charge is 0.296 e. The first-order valence-corrected chi connectivity index (χ1v) is 40.9. The zero-order valence-corrected chi connectivity index (χ0v) is 66.5. The molecule has 0 unspecified atom stereocenters. The fourth-order valence-corrected chi connectivity index (χ4v) is 17.8. The van der Waals surface area contributed by atoms with Gasteiger partial charge in [-0.05, 0) is 221 Å². The summed E-state index contributed by atoms with van der Waals surface area (Å²) in [7, 11) is 6.29. The third-order valence-corrected chi connectivity index (χ3v) is 27.7. The summed E-state index contributed by atoms with van der Waals surface area (Å²) in [5.41, 5.74) is 25.7. The number of aromatic amines is 1. The molecule has 0 bridgehead atoms. The van der Waals surface area contributed by atoms with Crippen molar-refractivity contribution in [2.24, 2.45) is 10.3 Å². The Labute approximate surface area is 641 Å². The zero-order valence-electron chi connectivity index (χ0n) is 63.2. The summed E-state index contributed by atoms with van der Waals surface area (Å²) in [6.45, 7) is 6.46. The van der Waals surface area contributed by atoms with Gasteiger partial charge in [0.05, 0.1) is 36.3 Å². The number of nitroso groups, excluding NO2 is 1. The number of nitrogen functional groups attached to an aromatic ring is 1. The minimum Gasteiger partial charge on any atom is -0.493 e. The van der Waals surface area contributed by atoms with Crippen LogP contribution in [0.25, 0.3) is 55.4 Å². The lowest BCUT2D eigenvalue weighted by Crippen LogP contribution is -2.28. The zero-order chi connectivity index (χ0) is 79.8. The molecule has 14 rings (SSSR count). The maximum absolute atomic E-state index is 12.4. The van der Waals surface area contributed by atoms with Crippen molar-refractivity contribution in [3.8, 4) is 50.4 Å². The highest BCUT2D eigenvalue weighted by molar-refractivity contribution is 7.90. The number of nitrogens with one attached hydrogen (secondary N) is 3. The van der Waals surface area contributed by atoms with E-state index in [9.17, 15) is 58.1 Å². The molecule has 0 aliphatic carbocycles. The number of amides is 2. The van der Waals surface area contributed by atoms with Crippen LogP contribution in [0.5, 0.6) is 5.88 Å². The Morgan fingerprint density at radius 3 is 1.24 bits per heavy atom. The van der Waals surface area contributed by atoms with Gasteiger partial charge in [-0.25, -0.2) is 50.9 Å². The molecule has 2 amide bonds. The van der Waals surface area contributed by atoms with Gasteiger partial charge in [-0.15, -0.1) is 4.91 Å². The van der Waals surface area contributed by atoms with Crippen LogP contribution < -0.4 is 16.4 Å². The number of oxime groups is 1. The maximum Gasteiger partial charge on any atom is 0.296 e. The number of nitrogens with zero attached hydrogens (tertiary/aromatic N) is 10. The molecule has 110 heavy (non-hydrogen) atoms. The highest BCUT2D eigenvalue weighted by Gasteiger charge is 2.35. The Balaban J connectivity index is 0.000000146. The third-order valence-electron chi connectivity index (χ3n) is 20.4. The van der Waals surface area contributed by atoms with Crippen molar-refractivity contribution < 1.29 is 58.4 Å². The van der Waals surface area contributed by atoms with Crippen LogP contribution in [0.15, 0.2) is 163 Å². The highest BCUT2D eigenvalue weighted by Crippen LogP contribution is 2.45. The number of sulfonamides is 4. The lowest BCUT2D eigenvalue weighted by atomic mass is 9.87. The van der Waals surface area contributed by atoms with E-state index in [-0.39, 0.29) is 26.3 Å². The standard InChI is InChI=1S/C20H22N4O4S.C20H24N4O4S.C20H21N3O4S.C18H23N3O2S/c1-23(2)29(27,28)13-6-4-12(5-7-13)15-10-16-18(21-20(25)19(16)22-26)17-11-24(3)9-8-14(15)17;1-23(2)29(27,28)15-6-4-14(5-7-15)16-8-9-19(22-20(25)12-21-26)18-13-24(3)11-10-17(16)18;1-22(2)28(26,27)13-6-4-12(5-7-13)15-10-16-18(21-20(25)19(16)24)17-11-23(3)9-8-14(15)17;1-20(2)24(22,23)14-6-4-13(5-7-14)15-8-9-18(19)17-12-21(3)11-10-16(15)17/h4-7,10,21,25H,8-9,11H2,1-3H3;4-9,12,26H,10-11,13H2,1-3H3,(H,22,25);4-7,10H,8-9,11H2,1-3H3,(H,21,24,25);4-9H,10-12,19H2,1-3H3/b;21-12+;;. The van der Waals surface area contributed by atoms with Gasteiger partial charge in [0.25, 0.3) is 17.6 Å². The number of fused-ring (bicyclic) bond motifs is 8. The predicted molar refractivity (Wildman–Crippen MR) is 426 cm³/mol. The molecule has 32 heteroatoms. The van der Waals surface area contributed by atoms with E-state index in [1.807, 2.05) is 63.6 Å². The molecule has 1 aromatic heterocycles. The van der Waals surface area contributed by atoms with Crippen LogP contribution in [0, 0.1) is 4.91 Å². The van der Waals surface area contributed by atoms with Crippen LogP contribution >= 0.6 is 0 Å². The first-order chi connectivity index (χ1) is 52.0. The minimum absolute atomic E-state index is 0.0101. The predicted octanol–water partition coefficient (Wildman–Crippen LogP) is 9.07. The van der Waals surface area contributed by atoms with Crippen LogP contribution in [0.4, 0.5) is 22.7 Å². The van der Waals surface area contributed by atoms with Crippen molar-refractivity contribution in [2.75, 3.05) is 127 Å². The van der Waals surface area contributed by atoms with Gasteiger partial charge >= 0.3 is 0 Å². The van der Waals surface area contributed by atoms with Crippen LogP contribution in [-0.2, 0) is 102 Å². The number of anilines is 3. The average molecular weight is 1580 g/mol. The SMILES string of the molecule is CN1CCc2c(-c3ccc(S(=O)(=O)N(C)C)cc3)cc3c(N=O)c(O)[nH]c3c2C1.CN1CCc2c(-c3ccc(S(=O)(=O)N(C)C)cc3)cc3c(c2C1)NC(=O)C3=O.CN1CCc2c(-c3ccc(S(=O)(=O)N(C)C)cc3)ccc(N)c2C1.CN1CCc2c(-c3ccc(S(=O)(=O)N(C)C)cc3)ccc(NC(=O)/C=N/O)c2C1. The lowest BCUT2D eigenvalue weighted by Gasteiger charge is -2.29. The fourth-order valence-electron chi connectivity index (χ4n) is 14.2. The van der Waals surface area contributed by atoms with Crippen LogP contribution in [0.3, 0.4) is 0 Å². The van der Waals surface area contributed by atoms with E-state index in [2.05, 4.69) is 52.6 Å². The molecule has 6 heterocycles. The second kappa shape index (κ2) is 32.6. The van der Waals surface area contributed by atoms with E-state index in [0.29, 0.717) is 52.4 Å². The Kier molecular flexibility index (Phi) is 24.0. The van der Waals surface area contributed by atoms with Crippen LogP contribution in [0.2, 0.25) is 0 Å². The third kappa shape index (κ3) is 16.4. The van der Waals surface area contributed by atoms with E-state index < -0.39 is 57.7 Å². The molecular formula is C78H90N14O14S4. The quantitative estimate of drug-likeness (QED) is 0.0139. The van der Waals surface area contributed by atoms with Crippen molar-refractivity contribution >= 4 is 97.6 Å². The van der Waals surface area contributed by atoms with E-state index in [4.69, 9.17) is 10.9 Å². The molecule has 5 aliphatic heterocycles. The number of rotatable bonds is 15. The first-order valence-electron chi connectivity index (χ1n) is 35.1. The van der Waals surface area contributed by atoms with Gasteiger partial charge in [0.1, 0.15) is 6.21 Å². The van der Waals surface area contributed by atoms with E-state index in [1.165, 1.54) is 84.7 Å². The van der Waals surface area contributed by atoms with Gasteiger partial charge in [-0.1, -0.05) is 65.8 Å². The molecule has 0 atom stereocenters. The Bertz CT molecular complexity index is 5600. The van der Waals surface area contributed by atoms with Gasteiger partial charge in [0.15, 0.2) is 5.69 Å². The van der Waals surface area contributed by atoms with Crippen molar-refractivity contribution in [1.29, 1.82) is 0 Å². The molecule has 0 radical (unpaired) electrons. The molecule has 9 aromatic rings. The number of ketones is 1. The summed E-state index contributed by atoms with van der Waals surface area (Å²) in [6, 6.07) is 38.6. The second-order valence-electron chi connectivity index (χ2n) is 28.5. The number of hydrogen-bond acceptors (Lipinski definition) is 21. The molecule has 7 N–H and O–H groups in total. The number of aromatic hydroxyl groups is 1. The summed E-state index contributed by atoms with van der Waals surface area (Å²) in [4.78, 5) is 59.9. The number of H-pyrrole nitrogens is 1. The van der Waals surface area contributed by atoms with E-state index in [0.717, 1.165) is 148 Å². The average Bonchev–Trinajstić information content (AvgIpc) is 1.50. The largest absolute Gasteiger partial charge is 0.493 e. The molecule has 28 nitrogen and oxygen atoms in total. The van der Waals surface area contributed by atoms with E-state index >= 15 is 0 Å². The number of nitrogens with two attached hydrogens (primary N) is 1. The van der Waals surface area contributed by atoms with Gasteiger partial charge < -0.3 is 51.3 Å². The molecule has 8 aromatic carbocycles. The topological polar surface area (TPSA) is 362 Å². The second-order valence-corrected chi connectivity index (χ2v) is 37.1. The Morgan fingerprint density at radius 1 is 0.473 bits per heavy atom. The number of hydrogen-bond donors (Lipinski definition) is 6. The molecule has 5 aliphatic rings. The van der Waals surface area contributed by atoms with Crippen molar-refractivity contribution in [3.05, 3.63) is 188 Å². The Morgan fingerprint density at radius 2 is 0.827 bits per heavy atom. The maximum atomic E-state index is 12.4. The molecule has 0 spiro atoms. The van der Waals surface area contributed by atoms with Crippen molar-refractivity contribution in [3.63, 3.8) is 0 Å². The summed E-state index contributed by atoms with van der Waals surface area (Å²) in [6.07, 6.45) is 4.16. The number of benzene rings is 8. The molecule has 0 fully saturated rings. The number of carbonyl (C=O) groups is 3. The summed E-state index contributed by atoms with van der Waals surface area (Å²) < 4.78 is 103.